The normalized spacial score (nSPS) is 24.0. The van der Waals surface area contributed by atoms with E-state index in [1.807, 2.05) is 31.7 Å². The Labute approximate surface area is 138 Å². The van der Waals surface area contributed by atoms with Gasteiger partial charge < -0.3 is 20.7 Å². The highest BCUT2D eigenvalue weighted by molar-refractivity contribution is 5.68. The first kappa shape index (κ1) is 16.0. The average Bonchev–Trinajstić information content (AvgIpc) is 2.95. The first-order valence-corrected chi connectivity index (χ1v) is 8.45. The number of likely N-dealkylation sites (tertiary alicyclic amines) is 1. The molecule has 126 valence electrons. The SMILES string of the molecule is CC(C)(C)OC(=O)N1CCC(C2CCc3cc(N)ccc3N2)C1. The van der Waals surface area contributed by atoms with E-state index in [4.69, 9.17) is 10.5 Å². The van der Waals surface area contributed by atoms with Crippen molar-refractivity contribution < 1.29 is 9.53 Å². The van der Waals surface area contributed by atoms with Gasteiger partial charge in [-0.2, -0.15) is 0 Å². The summed E-state index contributed by atoms with van der Waals surface area (Å²) in [5.74, 6) is 0.480. The molecule has 1 amide bonds. The van der Waals surface area contributed by atoms with E-state index < -0.39 is 5.60 Å². The Morgan fingerprint density at radius 3 is 2.87 bits per heavy atom. The molecule has 3 rings (SSSR count). The van der Waals surface area contributed by atoms with Crippen LogP contribution in [0.1, 0.15) is 39.2 Å². The third kappa shape index (κ3) is 3.71. The summed E-state index contributed by atoms with van der Waals surface area (Å²) in [6.07, 6.45) is 2.97. The van der Waals surface area contributed by atoms with Crippen molar-refractivity contribution in [1.29, 1.82) is 0 Å². The summed E-state index contributed by atoms with van der Waals surface area (Å²) in [7, 11) is 0. The number of fused-ring (bicyclic) bond motifs is 1. The minimum atomic E-state index is -0.433. The zero-order valence-electron chi connectivity index (χ0n) is 14.3. The van der Waals surface area contributed by atoms with E-state index in [9.17, 15) is 4.79 Å². The maximum absolute atomic E-state index is 12.2. The fourth-order valence-corrected chi connectivity index (χ4v) is 3.51. The lowest BCUT2D eigenvalue weighted by atomic mass is 9.89. The maximum atomic E-state index is 12.2. The second kappa shape index (κ2) is 5.95. The summed E-state index contributed by atoms with van der Waals surface area (Å²) in [4.78, 5) is 14.0. The van der Waals surface area contributed by atoms with Crippen LogP contribution in [0.15, 0.2) is 18.2 Å². The molecule has 0 saturated carbocycles. The van der Waals surface area contributed by atoms with Gasteiger partial charge in [0.2, 0.25) is 0 Å². The number of nitrogens with two attached hydrogens (primary N) is 1. The van der Waals surface area contributed by atoms with E-state index in [2.05, 4.69) is 17.4 Å². The first-order valence-electron chi connectivity index (χ1n) is 8.45. The summed E-state index contributed by atoms with van der Waals surface area (Å²) in [5, 5.41) is 3.64. The predicted octanol–water partition coefficient (Wildman–Crippen LogP) is 3.25. The zero-order valence-corrected chi connectivity index (χ0v) is 14.3. The number of aryl methyl sites for hydroxylation is 1. The summed E-state index contributed by atoms with van der Waals surface area (Å²) < 4.78 is 5.48. The number of amides is 1. The minimum Gasteiger partial charge on any atom is -0.444 e. The van der Waals surface area contributed by atoms with Gasteiger partial charge in [-0.25, -0.2) is 4.79 Å². The van der Waals surface area contributed by atoms with Gasteiger partial charge in [0.1, 0.15) is 5.60 Å². The highest BCUT2D eigenvalue weighted by Gasteiger charge is 2.35. The Kier molecular flexibility index (Phi) is 4.13. The lowest BCUT2D eigenvalue weighted by Gasteiger charge is -2.31. The molecule has 0 spiro atoms. The molecule has 1 aromatic carbocycles. The van der Waals surface area contributed by atoms with Crippen molar-refractivity contribution in [3.8, 4) is 0 Å². The Balaban J connectivity index is 1.60. The molecule has 1 saturated heterocycles. The van der Waals surface area contributed by atoms with Crippen molar-refractivity contribution in [2.24, 2.45) is 5.92 Å². The van der Waals surface area contributed by atoms with Crippen LogP contribution in [0.25, 0.3) is 0 Å². The minimum absolute atomic E-state index is 0.191. The highest BCUT2D eigenvalue weighted by Crippen LogP contribution is 2.32. The fraction of sp³-hybridized carbons (Fsp3) is 0.611. The number of hydrogen-bond acceptors (Lipinski definition) is 4. The molecule has 2 aliphatic heterocycles. The van der Waals surface area contributed by atoms with Crippen LogP contribution in [0.4, 0.5) is 16.2 Å². The van der Waals surface area contributed by atoms with Crippen molar-refractivity contribution in [1.82, 2.24) is 4.90 Å². The van der Waals surface area contributed by atoms with Gasteiger partial charge in [0.05, 0.1) is 0 Å². The standard InChI is InChI=1S/C18H27N3O2/c1-18(2,3)23-17(22)21-9-8-13(11-21)16-6-4-12-10-14(19)5-7-15(12)20-16/h5,7,10,13,16,20H,4,6,8-9,11,19H2,1-3H3. The van der Waals surface area contributed by atoms with Crippen LogP contribution < -0.4 is 11.1 Å². The lowest BCUT2D eigenvalue weighted by molar-refractivity contribution is 0.0287. The molecule has 0 bridgehead atoms. The molecule has 1 aromatic rings. The average molecular weight is 317 g/mol. The number of nitrogens with one attached hydrogen (secondary N) is 1. The summed E-state index contributed by atoms with van der Waals surface area (Å²) in [6, 6.07) is 6.48. The third-order valence-corrected chi connectivity index (χ3v) is 4.64. The molecule has 5 heteroatoms. The molecular formula is C18H27N3O2. The summed E-state index contributed by atoms with van der Waals surface area (Å²) >= 11 is 0. The van der Waals surface area contributed by atoms with Crippen LogP contribution in [0.2, 0.25) is 0 Å². The smallest absolute Gasteiger partial charge is 0.410 e. The molecule has 0 aliphatic carbocycles. The number of ether oxygens (including phenoxy) is 1. The number of rotatable bonds is 1. The maximum Gasteiger partial charge on any atom is 0.410 e. The quantitative estimate of drug-likeness (QED) is 0.780. The van der Waals surface area contributed by atoms with Gasteiger partial charge in [-0.05, 0) is 69.7 Å². The van der Waals surface area contributed by atoms with E-state index in [1.54, 1.807) is 0 Å². The van der Waals surface area contributed by atoms with E-state index >= 15 is 0 Å². The summed E-state index contributed by atoms with van der Waals surface area (Å²) in [5.41, 5.74) is 8.72. The highest BCUT2D eigenvalue weighted by atomic mass is 16.6. The number of benzene rings is 1. The number of anilines is 2. The van der Waals surface area contributed by atoms with Crippen molar-refractivity contribution in [2.75, 3.05) is 24.1 Å². The molecular weight excluding hydrogens is 290 g/mol. The number of carbonyl (C=O) groups is 1. The summed E-state index contributed by atoms with van der Waals surface area (Å²) in [6.45, 7) is 7.28. The molecule has 2 atom stereocenters. The monoisotopic (exact) mass is 317 g/mol. The van der Waals surface area contributed by atoms with Crippen LogP contribution in [0.5, 0.6) is 0 Å². The second-order valence-electron chi connectivity index (χ2n) is 7.68. The van der Waals surface area contributed by atoms with Crippen LogP contribution in [-0.2, 0) is 11.2 Å². The molecule has 1 fully saturated rings. The molecule has 2 unspecified atom stereocenters. The molecule has 0 radical (unpaired) electrons. The van der Waals surface area contributed by atoms with Gasteiger partial charge in [0.25, 0.3) is 0 Å². The molecule has 2 aliphatic rings. The molecule has 3 N–H and O–H groups in total. The van der Waals surface area contributed by atoms with E-state index in [0.29, 0.717) is 12.0 Å². The lowest BCUT2D eigenvalue weighted by Crippen LogP contribution is -2.38. The van der Waals surface area contributed by atoms with Gasteiger partial charge in [0, 0.05) is 30.5 Å². The van der Waals surface area contributed by atoms with Crippen molar-refractivity contribution in [3.05, 3.63) is 23.8 Å². The first-order chi connectivity index (χ1) is 10.8. The topological polar surface area (TPSA) is 67.6 Å². The van der Waals surface area contributed by atoms with Crippen LogP contribution >= 0.6 is 0 Å². The Hall–Kier alpha value is -1.91. The fourth-order valence-electron chi connectivity index (χ4n) is 3.51. The predicted molar refractivity (Wildman–Crippen MR) is 92.5 cm³/mol. The largest absolute Gasteiger partial charge is 0.444 e. The molecule has 0 aromatic heterocycles. The number of nitrogen functional groups attached to an aromatic ring is 1. The van der Waals surface area contributed by atoms with Crippen LogP contribution in [0, 0.1) is 5.92 Å². The Morgan fingerprint density at radius 2 is 2.13 bits per heavy atom. The number of nitrogens with zero attached hydrogens (tertiary/aromatic N) is 1. The molecule has 2 heterocycles. The molecule has 5 nitrogen and oxygen atoms in total. The van der Waals surface area contributed by atoms with Crippen molar-refractivity contribution in [2.45, 2.75) is 51.7 Å². The third-order valence-electron chi connectivity index (χ3n) is 4.64. The van der Waals surface area contributed by atoms with Crippen molar-refractivity contribution in [3.63, 3.8) is 0 Å². The van der Waals surface area contributed by atoms with Gasteiger partial charge in [-0.15, -0.1) is 0 Å². The Bertz CT molecular complexity index is 594. The molecule has 23 heavy (non-hydrogen) atoms. The number of carbonyl (C=O) groups excluding carboxylic acids is 1. The van der Waals surface area contributed by atoms with Gasteiger partial charge in [-0.3, -0.25) is 0 Å². The van der Waals surface area contributed by atoms with Crippen LogP contribution in [0.3, 0.4) is 0 Å². The van der Waals surface area contributed by atoms with E-state index in [-0.39, 0.29) is 6.09 Å². The van der Waals surface area contributed by atoms with E-state index in [1.165, 1.54) is 11.3 Å². The van der Waals surface area contributed by atoms with Crippen LogP contribution in [-0.4, -0.2) is 35.7 Å². The van der Waals surface area contributed by atoms with Gasteiger partial charge >= 0.3 is 6.09 Å². The Morgan fingerprint density at radius 1 is 1.35 bits per heavy atom. The van der Waals surface area contributed by atoms with E-state index in [0.717, 1.165) is 38.0 Å². The van der Waals surface area contributed by atoms with Gasteiger partial charge in [0.15, 0.2) is 0 Å². The van der Waals surface area contributed by atoms with Gasteiger partial charge in [-0.1, -0.05) is 0 Å². The zero-order chi connectivity index (χ0) is 16.6. The van der Waals surface area contributed by atoms with Crippen molar-refractivity contribution >= 4 is 17.5 Å². The second-order valence-corrected chi connectivity index (χ2v) is 7.68. The number of hydrogen-bond donors (Lipinski definition) is 2.